The number of unbranched alkanes of at least 4 members (excludes halogenated alkanes) is 1. The highest BCUT2D eigenvalue weighted by Crippen LogP contribution is 2.25. The summed E-state index contributed by atoms with van der Waals surface area (Å²) in [6.07, 6.45) is 5.58. The summed E-state index contributed by atoms with van der Waals surface area (Å²) in [7, 11) is 0. The number of benzene rings is 1. The van der Waals surface area contributed by atoms with E-state index in [9.17, 15) is 0 Å². The van der Waals surface area contributed by atoms with Gasteiger partial charge in [-0.3, -0.25) is 0 Å². The van der Waals surface area contributed by atoms with Crippen LogP contribution in [0.15, 0.2) is 24.3 Å². The standard InChI is InChI=1S/C17H24N2O/c1-2-3-11-20-16-9-7-14(8-10-16)13-19-17-6-4-5-15(17)12-18/h7-10,15,17,19H,2-6,11,13H2,1H3. The Bertz CT molecular complexity index is 435. The van der Waals surface area contributed by atoms with E-state index in [0.29, 0.717) is 6.04 Å². The lowest BCUT2D eigenvalue weighted by molar-refractivity contribution is 0.309. The third-order valence-electron chi connectivity index (χ3n) is 3.94. The minimum Gasteiger partial charge on any atom is -0.494 e. The summed E-state index contributed by atoms with van der Waals surface area (Å²) in [6.45, 7) is 3.79. The zero-order valence-electron chi connectivity index (χ0n) is 12.3. The summed E-state index contributed by atoms with van der Waals surface area (Å²) in [5, 5.41) is 12.6. The smallest absolute Gasteiger partial charge is 0.119 e. The Hall–Kier alpha value is -1.53. The molecule has 3 heteroatoms. The quantitative estimate of drug-likeness (QED) is 0.771. The molecular weight excluding hydrogens is 248 g/mol. The predicted molar refractivity (Wildman–Crippen MR) is 80.4 cm³/mol. The number of rotatable bonds is 7. The molecular formula is C17H24N2O. The van der Waals surface area contributed by atoms with Gasteiger partial charge in [0.1, 0.15) is 5.75 Å². The highest BCUT2D eigenvalue weighted by Gasteiger charge is 2.26. The fourth-order valence-corrected chi connectivity index (χ4v) is 2.65. The topological polar surface area (TPSA) is 45.0 Å². The number of nitrogens with zero attached hydrogens (tertiary/aromatic N) is 1. The Morgan fingerprint density at radius 3 is 2.80 bits per heavy atom. The average Bonchev–Trinajstić information content (AvgIpc) is 2.94. The molecule has 1 aliphatic carbocycles. The van der Waals surface area contributed by atoms with Crippen LogP contribution in [0, 0.1) is 17.2 Å². The van der Waals surface area contributed by atoms with Crippen molar-refractivity contribution in [2.45, 2.75) is 51.6 Å². The fraction of sp³-hybridized carbons (Fsp3) is 0.588. The molecule has 0 spiro atoms. The molecule has 2 rings (SSSR count). The largest absolute Gasteiger partial charge is 0.494 e. The Morgan fingerprint density at radius 2 is 2.10 bits per heavy atom. The van der Waals surface area contributed by atoms with Crippen molar-refractivity contribution in [3.05, 3.63) is 29.8 Å². The summed E-state index contributed by atoms with van der Waals surface area (Å²) in [4.78, 5) is 0. The maximum atomic E-state index is 9.07. The second-order valence-electron chi connectivity index (χ2n) is 5.50. The SMILES string of the molecule is CCCCOc1ccc(CNC2CCCC2C#N)cc1. The van der Waals surface area contributed by atoms with Crippen LogP contribution < -0.4 is 10.1 Å². The van der Waals surface area contributed by atoms with Crippen molar-refractivity contribution >= 4 is 0 Å². The molecule has 1 aromatic rings. The lowest BCUT2D eigenvalue weighted by atomic mass is 10.1. The summed E-state index contributed by atoms with van der Waals surface area (Å²) < 4.78 is 5.65. The van der Waals surface area contributed by atoms with E-state index in [4.69, 9.17) is 10.00 Å². The minimum atomic E-state index is 0.187. The summed E-state index contributed by atoms with van der Waals surface area (Å²) in [5.41, 5.74) is 1.25. The monoisotopic (exact) mass is 272 g/mol. The van der Waals surface area contributed by atoms with Crippen LogP contribution in [0.5, 0.6) is 5.75 Å². The first kappa shape index (κ1) is 14.9. The van der Waals surface area contributed by atoms with Crippen LogP contribution in [0.4, 0.5) is 0 Å². The van der Waals surface area contributed by atoms with E-state index < -0.39 is 0 Å². The molecule has 1 fully saturated rings. The van der Waals surface area contributed by atoms with Crippen LogP contribution >= 0.6 is 0 Å². The second kappa shape index (κ2) is 7.91. The van der Waals surface area contributed by atoms with Gasteiger partial charge in [-0.05, 0) is 37.0 Å². The van der Waals surface area contributed by atoms with Gasteiger partial charge in [0.05, 0.1) is 18.6 Å². The van der Waals surface area contributed by atoms with Crippen LogP contribution in [-0.2, 0) is 6.54 Å². The van der Waals surface area contributed by atoms with Gasteiger partial charge in [-0.25, -0.2) is 0 Å². The van der Waals surface area contributed by atoms with Crippen LogP contribution in [0.1, 0.15) is 44.6 Å². The van der Waals surface area contributed by atoms with E-state index in [1.807, 2.05) is 12.1 Å². The number of hydrogen-bond acceptors (Lipinski definition) is 3. The number of hydrogen-bond donors (Lipinski definition) is 1. The molecule has 0 bridgehead atoms. The van der Waals surface area contributed by atoms with Crippen LogP contribution in [0.3, 0.4) is 0 Å². The first-order chi connectivity index (χ1) is 9.83. The molecule has 2 unspecified atom stereocenters. The van der Waals surface area contributed by atoms with E-state index >= 15 is 0 Å². The number of nitriles is 1. The highest BCUT2D eigenvalue weighted by molar-refractivity contribution is 5.27. The van der Waals surface area contributed by atoms with E-state index in [2.05, 4.69) is 30.4 Å². The maximum absolute atomic E-state index is 9.07. The highest BCUT2D eigenvalue weighted by atomic mass is 16.5. The molecule has 1 N–H and O–H groups in total. The molecule has 0 heterocycles. The number of ether oxygens (including phenoxy) is 1. The first-order valence-electron chi connectivity index (χ1n) is 7.68. The lowest BCUT2D eigenvalue weighted by Gasteiger charge is -2.15. The van der Waals surface area contributed by atoms with E-state index in [1.54, 1.807) is 0 Å². The van der Waals surface area contributed by atoms with Crippen molar-refractivity contribution in [1.29, 1.82) is 5.26 Å². The van der Waals surface area contributed by atoms with Gasteiger partial charge in [-0.1, -0.05) is 31.9 Å². The molecule has 0 amide bonds. The Kier molecular flexibility index (Phi) is 5.88. The Balaban J connectivity index is 1.77. The van der Waals surface area contributed by atoms with Gasteiger partial charge >= 0.3 is 0 Å². The third-order valence-corrected chi connectivity index (χ3v) is 3.94. The van der Waals surface area contributed by atoms with Crippen molar-refractivity contribution in [3.8, 4) is 11.8 Å². The molecule has 1 saturated carbocycles. The van der Waals surface area contributed by atoms with E-state index in [1.165, 1.54) is 12.0 Å². The zero-order chi connectivity index (χ0) is 14.2. The van der Waals surface area contributed by atoms with Crippen molar-refractivity contribution in [1.82, 2.24) is 5.32 Å². The van der Waals surface area contributed by atoms with Crippen molar-refractivity contribution in [2.24, 2.45) is 5.92 Å². The van der Waals surface area contributed by atoms with Gasteiger partial charge in [-0.2, -0.15) is 5.26 Å². The molecule has 2 atom stereocenters. The van der Waals surface area contributed by atoms with Crippen molar-refractivity contribution in [2.75, 3.05) is 6.61 Å². The normalized spacial score (nSPS) is 21.6. The summed E-state index contributed by atoms with van der Waals surface area (Å²) >= 11 is 0. The Labute approximate surface area is 121 Å². The molecule has 0 radical (unpaired) electrons. The first-order valence-corrected chi connectivity index (χ1v) is 7.68. The van der Waals surface area contributed by atoms with Gasteiger partial charge in [0.2, 0.25) is 0 Å². The average molecular weight is 272 g/mol. The van der Waals surface area contributed by atoms with Gasteiger partial charge < -0.3 is 10.1 Å². The molecule has 0 aromatic heterocycles. The van der Waals surface area contributed by atoms with Crippen LogP contribution in [0.2, 0.25) is 0 Å². The van der Waals surface area contributed by atoms with Crippen molar-refractivity contribution < 1.29 is 4.74 Å². The molecule has 108 valence electrons. The minimum absolute atomic E-state index is 0.187. The lowest BCUT2D eigenvalue weighted by Crippen LogP contribution is -2.31. The van der Waals surface area contributed by atoms with Crippen LogP contribution in [0.25, 0.3) is 0 Å². The number of nitrogens with one attached hydrogen (secondary N) is 1. The molecule has 0 aliphatic heterocycles. The van der Waals surface area contributed by atoms with Gasteiger partial charge in [-0.15, -0.1) is 0 Å². The van der Waals surface area contributed by atoms with Gasteiger partial charge in [0, 0.05) is 12.6 Å². The maximum Gasteiger partial charge on any atom is 0.119 e. The Morgan fingerprint density at radius 1 is 1.30 bits per heavy atom. The van der Waals surface area contributed by atoms with E-state index in [-0.39, 0.29) is 5.92 Å². The van der Waals surface area contributed by atoms with Crippen LogP contribution in [-0.4, -0.2) is 12.6 Å². The van der Waals surface area contributed by atoms with Crippen molar-refractivity contribution in [3.63, 3.8) is 0 Å². The fourth-order valence-electron chi connectivity index (χ4n) is 2.65. The molecule has 3 nitrogen and oxygen atoms in total. The summed E-state index contributed by atoms with van der Waals surface area (Å²) in [5.74, 6) is 1.13. The molecule has 20 heavy (non-hydrogen) atoms. The predicted octanol–water partition coefficient (Wildman–Crippen LogP) is 3.65. The van der Waals surface area contributed by atoms with Gasteiger partial charge in [0.15, 0.2) is 0 Å². The third kappa shape index (κ3) is 4.25. The molecule has 0 saturated heterocycles. The second-order valence-corrected chi connectivity index (χ2v) is 5.50. The van der Waals surface area contributed by atoms with Gasteiger partial charge in [0.25, 0.3) is 0 Å². The molecule has 1 aromatic carbocycles. The molecule has 1 aliphatic rings. The summed E-state index contributed by atoms with van der Waals surface area (Å²) in [6, 6.07) is 11.0. The van der Waals surface area contributed by atoms with E-state index in [0.717, 1.165) is 44.6 Å². The zero-order valence-corrected chi connectivity index (χ0v) is 12.3.